The molecule has 0 spiro atoms. The van der Waals surface area contributed by atoms with Crippen LogP contribution in [-0.2, 0) is 10.0 Å². The number of nitrogens with zero attached hydrogens (tertiary/aromatic N) is 3. The van der Waals surface area contributed by atoms with Crippen LogP contribution in [0.4, 0.5) is 9.52 Å². The normalized spacial score (nSPS) is 15.1. The standard InChI is InChI=1S/C20H19FN4O3S2/c21-16-5-4-15(12-18(16)30(27,28)25-10-2-1-3-11-25)19(26)24-20-23-17(13-29-20)14-6-8-22-9-7-14/h4-9,12-13H,1-3,10-11H2,(H,23,24,26). The van der Waals surface area contributed by atoms with Crippen LogP contribution >= 0.6 is 11.3 Å². The minimum Gasteiger partial charge on any atom is -0.298 e. The second kappa shape index (κ2) is 8.58. The number of hydrogen-bond acceptors (Lipinski definition) is 6. The monoisotopic (exact) mass is 446 g/mol. The number of carbonyl (C=O) groups is 1. The molecule has 1 N–H and O–H groups in total. The van der Waals surface area contributed by atoms with Crippen molar-refractivity contribution in [2.24, 2.45) is 0 Å². The maximum atomic E-state index is 14.3. The molecule has 1 saturated heterocycles. The molecule has 1 amide bonds. The number of aromatic nitrogens is 2. The van der Waals surface area contributed by atoms with Gasteiger partial charge in [-0.25, -0.2) is 17.8 Å². The molecule has 1 aliphatic heterocycles. The highest BCUT2D eigenvalue weighted by Crippen LogP contribution is 2.26. The SMILES string of the molecule is O=C(Nc1nc(-c2ccncc2)cs1)c1ccc(F)c(S(=O)(=O)N2CCCCC2)c1. The van der Waals surface area contributed by atoms with Crippen molar-refractivity contribution >= 4 is 32.4 Å². The van der Waals surface area contributed by atoms with Gasteiger partial charge in [0.25, 0.3) is 5.91 Å². The van der Waals surface area contributed by atoms with Gasteiger partial charge in [0.15, 0.2) is 5.13 Å². The third-order valence-corrected chi connectivity index (χ3v) is 7.50. The van der Waals surface area contributed by atoms with Gasteiger partial charge in [-0.05, 0) is 43.2 Å². The Bertz CT molecular complexity index is 1160. The number of benzene rings is 1. The molecule has 4 rings (SSSR count). The van der Waals surface area contributed by atoms with Crippen molar-refractivity contribution < 1.29 is 17.6 Å². The van der Waals surface area contributed by atoms with Gasteiger partial charge in [0, 0.05) is 42.0 Å². The molecule has 10 heteroatoms. The highest BCUT2D eigenvalue weighted by Gasteiger charge is 2.29. The highest BCUT2D eigenvalue weighted by atomic mass is 32.2. The van der Waals surface area contributed by atoms with E-state index >= 15 is 0 Å². The topological polar surface area (TPSA) is 92.3 Å². The van der Waals surface area contributed by atoms with Gasteiger partial charge in [-0.2, -0.15) is 4.31 Å². The Morgan fingerprint density at radius 3 is 2.57 bits per heavy atom. The number of rotatable bonds is 5. The predicted octanol–water partition coefficient (Wildman–Crippen LogP) is 3.77. The first-order valence-corrected chi connectivity index (χ1v) is 11.7. The van der Waals surface area contributed by atoms with E-state index in [-0.39, 0.29) is 5.56 Å². The van der Waals surface area contributed by atoms with Crippen molar-refractivity contribution in [3.05, 3.63) is 59.5 Å². The van der Waals surface area contributed by atoms with Gasteiger partial charge in [0.05, 0.1) is 5.69 Å². The quantitative estimate of drug-likeness (QED) is 0.644. The molecular weight excluding hydrogens is 427 g/mol. The van der Waals surface area contributed by atoms with E-state index in [2.05, 4.69) is 15.3 Å². The van der Waals surface area contributed by atoms with Gasteiger partial charge in [-0.3, -0.25) is 15.1 Å². The molecular formula is C20H19FN4O3S2. The summed E-state index contributed by atoms with van der Waals surface area (Å²) in [6.45, 7) is 0.712. The zero-order chi connectivity index (χ0) is 21.1. The number of thiazole rings is 1. The van der Waals surface area contributed by atoms with Crippen molar-refractivity contribution in [3.8, 4) is 11.3 Å². The lowest BCUT2D eigenvalue weighted by atomic mass is 10.2. The van der Waals surface area contributed by atoms with Crippen LogP contribution < -0.4 is 5.32 Å². The van der Waals surface area contributed by atoms with Gasteiger partial charge in [0.2, 0.25) is 10.0 Å². The number of amides is 1. The van der Waals surface area contributed by atoms with E-state index in [1.54, 1.807) is 29.9 Å². The average molecular weight is 447 g/mol. The van der Waals surface area contributed by atoms with Crippen LogP contribution in [0, 0.1) is 5.82 Å². The Hall–Kier alpha value is -2.69. The lowest BCUT2D eigenvalue weighted by Crippen LogP contribution is -2.36. The Labute approximate surface area is 177 Å². The molecule has 30 heavy (non-hydrogen) atoms. The molecule has 0 bridgehead atoms. The minimum absolute atomic E-state index is 0.0487. The molecule has 2 aromatic heterocycles. The Morgan fingerprint density at radius 2 is 1.83 bits per heavy atom. The van der Waals surface area contributed by atoms with Gasteiger partial charge in [0.1, 0.15) is 10.7 Å². The molecule has 0 atom stereocenters. The summed E-state index contributed by atoms with van der Waals surface area (Å²) in [5.41, 5.74) is 1.59. The van der Waals surface area contributed by atoms with Crippen LogP contribution in [0.25, 0.3) is 11.3 Å². The van der Waals surface area contributed by atoms with E-state index in [1.165, 1.54) is 21.7 Å². The maximum Gasteiger partial charge on any atom is 0.257 e. The molecule has 0 aliphatic carbocycles. The predicted molar refractivity (Wildman–Crippen MR) is 112 cm³/mol. The summed E-state index contributed by atoms with van der Waals surface area (Å²) in [7, 11) is -3.99. The van der Waals surface area contributed by atoms with Crippen molar-refractivity contribution in [2.45, 2.75) is 24.2 Å². The summed E-state index contributed by atoms with van der Waals surface area (Å²) in [5, 5.41) is 4.80. The van der Waals surface area contributed by atoms with Crippen LogP contribution in [0.5, 0.6) is 0 Å². The Kier molecular flexibility index (Phi) is 5.89. The lowest BCUT2D eigenvalue weighted by molar-refractivity contribution is 0.102. The molecule has 1 aliphatic rings. The van der Waals surface area contributed by atoms with Gasteiger partial charge in [-0.1, -0.05) is 6.42 Å². The first kappa shape index (κ1) is 20.6. The number of piperidine rings is 1. The van der Waals surface area contributed by atoms with E-state index in [1.807, 2.05) is 0 Å². The second-order valence-corrected chi connectivity index (χ2v) is 9.60. The molecule has 156 valence electrons. The first-order chi connectivity index (χ1) is 14.4. The first-order valence-electron chi connectivity index (χ1n) is 9.42. The van der Waals surface area contributed by atoms with E-state index in [0.717, 1.165) is 37.0 Å². The minimum atomic E-state index is -3.99. The summed E-state index contributed by atoms with van der Waals surface area (Å²) < 4.78 is 41.3. The van der Waals surface area contributed by atoms with E-state index in [9.17, 15) is 17.6 Å². The van der Waals surface area contributed by atoms with Crippen LogP contribution in [0.15, 0.2) is 53.0 Å². The number of pyridine rings is 1. The summed E-state index contributed by atoms with van der Waals surface area (Å²) in [6, 6.07) is 6.97. The molecule has 0 radical (unpaired) electrons. The number of hydrogen-bond donors (Lipinski definition) is 1. The second-order valence-electron chi connectivity index (χ2n) is 6.84. The van der Waals surface area contributed by atoms with Crippen molar-refractivity contribution in [1.82, 2.24) is 14.3 Å². The van der Waals surface area contributed by atoms with E-state index in [0.29, 0.717) is 23.9 Å². The molecule has 1 fully saturated rings. The average Bonchev–Trinajstić information content (AvgIpc) is 3.23. The number of halogens is 1. The van der Waals surface area contributed by atoms with Gasteiger partial charge >= 0.3 is 0 Å². The number of anilines is 1. The Morgan fingerprint density at radius 1 is 1.10 bits per heavy atom. The van der Waals surface area contributed by atoms with E-state index in [4.69, 9.17) is 0 Å². The maximum absolute atomic E-state index is 14.3. The van der Waals surface area contributed by atoms with Crippen LogP contribution in [0.3, 0.4) is 0 Å². The van der Waals surface area contributed by atoms with Crippen LogP contribution in [-0.4, -0.2) is 41.7 Å². The van der Waals surface area contributed by atoms with Gasteiger partial charge < -0.3 is 0 Å². The zero-order valence-corrected chi connectivity index (χ0v) is 17.5. The van der Waals surface area contributed by atoms with Crippen LogP contribution in [0.1, 0.15) is 29.6 Å². The summed E-state index contributed by atoms with van der Waals surface area (Å²) in [5.74, 6) is -1.42. The van der Waals surface area contributed by atoms with Crippen LogP contribution in [0.2, 0.25) is 0 Å². The van der Waals surface area contributed by atoms with E-state index < -0.39 is 26.6 Å². The number of nitrogens with one attached hydrogen (secondary N) is 1. The molecule has 3 aromatic rings. The summed E-state index contributed by atoms with van der Waals surface area (Å²) in [6.07, 6.45) is 5.73. The molecule has 0 unspecified atom stereocenters. The zero-order valence-electron chi connectivity index (χ0n) is 15.9. The van der Waals surface area contributed by atoms with Crippen molar-refractivity contribution in [2.75, 3.05) is 18.4 Å². The lowest BCUT2D eigenvalue weighted by Gasteiger charge is -2.26. The molecule has 3 heterocycles. The number of carbonyl (C=O) groups excluding carboxylic acids is 1. The fraction of sp³-hybridized carbons (Fsp3) is 0.250. The Balaban J connectivity index is 1.55. The third-order valence-electron chi connectivity index (χ3n) is 4.83. The molecule has 0 saturated carbocycles. The molecule has 1 aromatic carbocycles. The largest absolute Gasteiger partial charge is 0.298 e. The summed E-state index contributed by atoms with van der Waals surface area (Å²) in [4.78, 5) is 20.5. The smallest absolute Gasteiger partial charge is 0.257 e. The van der Waals surface area contributed by atoms with Gasteiger partial charge in [-0.15, -0.1) is 11.3 Å². The van der Waals surface area contributed by atoms with Crippen molar-refractivity contribution in [3.63, 3.8) is 0 Å². The third kappa shape index (κ3) is 4.25. The molecule has 7 nitrogen and oxygen atoms in total. The number of sulfonamides is 1. The fourth-order valence-corrected chi connectivity index (χ4v) is 5.56. The fourth-order valence-electron chi connectivity index (χ4n) is 3.24. The van der Waals surface area contributed by atoms with Crippen molar-refractivity contribution in [1.29, 1.82) is 0 Å². The highest BCUT2D eigenvalue weighted by molar-refractivity contribution is 7.89. The summed E-state index contributed by atoms with van der Waals surface area (Å²) >= 11 is 1.24.